The number of carbonyl (C=O) groups excluding carboxylic acids is 2. The van der Waals surface area contributed by atoms with Gasteiger partial charge in [-0.15, -0.1) is 6.58 Å². The molecule has 1 rings (SSSR count). The van der Waals surface area contributed by atoms with E-state index < -0.39 is 0 Å². The van der Waals surface area contributed by atoms with Crippen molar-refractivity contribution in [2.75, 3.05) is 26.8 Å². The molecule has 0 radical (unpaired) electrons. The Morgan fingerprint density at radius 2 is 2.14 bits per heavy atom. The predicted octanol–water partition coefficient (Wildman–Crippen LogP) is 2.02. The first-order chi connectivity index (χ1) is 10.1. The van der Waals surface area contributed by atoms with Crippen LogP contribution in [-0.4, -0.2) is 43.6 Å². The van der Waals surface area contributed by atoms with Gasteiger partial charge in [0.1, 0.15) is 0 Å². The van der Waals surface area contributed by atoms with Gasteiger partial charge in [-0.05, 0) is 24.6 Å². The van der Waals surface area contributed by atoms with E-state index in [9.17, 15) is 9.59 Å². The van der Waals surface area contributed by atoms with Gasteiger partial charge in [0.15, 0.2) is 0 Å². The Kier molecular flexibility index (Phi) is 7.18. The van der Waals surface area contributed by atoms with Gasteiger partial charge in [0, 0.05) is 13.1 Å². The van der Waals surface area contributed by atoms with Gasteiger partial charge in [-0.1, -0.05) is 18.2 Å². The van der Waals surface area contributed by atoms with Crippen LogP contribution in [0.3, 0.4) is 0 Å². The lowest BCUT2D eigenvalue weighted by molar-refractivity contribution is -0.144. The first kappa shape index (κ1) is 16.9. The number of benzene rings is 1. The molecule has 21 heavy (non-hydrogen) atoms. The molecule has 0 N–H and O–H groups in total. The highest BCUT2D eigenvalue weighted by atomic mass is 16.5. The lowest BCUT2D eigenvalue weighted by Crippen LogP contribution is -2.30. The highest BCUT2D eigenvalue weighted by Crippen LogP contribution is 2.10. The number of ether oxygens (including phenoxy) is 2. The number of carbonyl (C=O) groups is 2. The molecule has 0 aliphatic carbocycles. The summed E-state index contributed by atoms with van der Waals surface area (Å²) in [7, 11) is 1.35. The molecule has 5 nitrogen and oxygen atoms in total. The van der Waals surface area contributed by atoms with E-state index in [1.165, 1.54) is 7.11 Å². The van der Waals surface area contributed by atoms with Crippen molar-refractivity contribution in [3.8, 4) is 0 Å². The van der Waals surface area contributed by atoms with E-state index in [0.29, 0.717) is 25.3 Å². The number of hydrogen-bond acceptors (Lipinski definition) is 5. The summed E-state index contributed by atoms with van der Waals surface area (Å²) in [6.07, 6.45) is 1.73. The minimum Gasteiger partial charge on any atom is -0.465 e. The summed E-state index contributed by atoms with van der Waals surface area (Å²) in [5.74, 6) is -0.652. The molecular weight excluding hydrogens is 270 g/mol. The Labute approximate surface area is 125 Å². The Balaban J connectivity index is 2.76. The Morgan fingerprint density at radius 3 is 2.76 bits per heavy atom. The van der Waals surface area contributed by atoms with E-state index in [1.807, 2.05) is 11.0 Å². The summed E-state index contributed by atoms with van der Waals surface area (Å²) >= 11 is 0. The molecule has 0 bridgehead atoms. The van der Waals surface area contributed by atoms with Crippen LogP contribution in [0.4, 0.5) is 0 Å². The number of hydrogen-bond donors (Lipinski definition) is 0. The highest BCUT2D eigenvalue weighted by Gasteiger charge is 2.12. The molecule has 0 amide bonds. The van der Waals surface area contributed by atoms with E-state index in [4.69, 9.17) is 9.47 Å². The van der Waals surface area contributed by atoms with Crippen LogP contribution in [-0.2, 0) is 20.8 Å². The van der Waals surface area contributed by atoms with Crippen LogP contribution in [0.5, 0.6) is 0 Å². The first-order valence-corrected chi connectivity index (χ1v) is 6.76. The van der Waals surface area contributed by atoms with Gasteiger partial charge < -0.3 is 9.47 Å². The molecule has 1 aromatic rings. The lowest BCUT2D eigenvalue weighted by atomic mass is 10.1. The minimum absolute atomic E-state index is 0.183. The molecule has 0 heterocycles. The molecule has 0 saturated carbocycles. The molecule has 0 aromatic heterocycles. The molecule has 0 unspecified atom stereocenters. The second-order valence-corrected chi connectivity index (χ2v) is 4.46. The van der Waals surface area contributed by atoms with E-state index in [1.54, 1.807) is 31.2 Å². The summed E-state index contributed by atoms with van der Waals surface area (Å²) in [5.41, 5.74) is 1.41. The van der Waals surface area contributed by atoms with Crippen LogP contribution >= 0.6 is 0 Å². The number of nitrogens with zero attached hydrogens (tertiary/aromatic N) is 1. The summed E-state index contributed by atoms with van der Waals surface area (Å²) in [6, 6.07) is 7.14. The molecule has 0 aliphatic rings. The fourth-order valence-corrected chi connectivity index (χ4v) is 1.93. The Hall–Kier alpha value is -2.14. The van der Waals surface area contributed by atoms with Crippen molar-refractivity contribution < 1.29 is 19.1 Å². The van der Waals surface area contributed by atoms with Gasteiger partial charge in [-0.25, -0.2) is 4.79 Å². The topological polar surface area (TPSA) is 55.8 Å². The van der Waals surface area contributed by atoms with Gasteiger partial charge in [-0.2, -0.15) is 0 Å². The third-order valence-corrected chi connectivity index (χ3v) is 2.80. The minimum atomic E-state index is -0.377. The van der Waals surface area contributed by atoms with E-state index in [2.05, 4.69) is 6.58 Å². The normalized spacial score (nSPS) is 10.2. The molecule has 0 spiro atoms. The van der Waals surface area contributed by atoms with Crippen molar-refractivity contribution >= 4 is 11.9 Å². The highest BCUT2D eigenvalue weighted by molar-refractivity contribution is 5.89. The molecule has 0 fully saturated rings. The van der Waals surface area contributed by atoms with Crippen LogP contribution in [0.1, 0.15) is 22.8 Å². The summed E-state index contributed by atoms with van der Waals surface area (Å²) in [6.45, 7) is 7.08. The van der Waals surface area contributed by atoms with Gasteiger partial charge >= 0.3 is 11.9 Å². The molecule has 1 aromatic carbocycles. The third kappa shape index (κ3) is 5.79. The quantitative estimate of drug-likeness (QED) is 0.542. The van der Waals surface area contributed by atoms with Crippen LogP contribution < -0.4 is 0 Å². The fourth-order valence-electron chi connectivity index (χ4n) is 1.93. The lowest BCUT2D eigenvalue weighted by Gasteiger charge is -2.19. The van der Waals surface area contributed by atoms with Crippen LogP contribution in [0.2, 0.25) is 0 Å². The van der Waals surface area contributed by atoms with Crippen LogP contribution in [0.25, 0.3) is 0 Å². The molecule has 114 valence electrons. The van der Waals surface area contributed by atoms with Gasteiger partial charge in [0.25, 0.3) is 0 Å². The van der Waals surface area contributed by atoms with Gasteiger partial charge in [0.05, 0.1) is 25.8 Å². The fraction of sp³-hybridized carbons (Fsp3) is 0.375. The number of rotatable bonds is 8. The first-order valence-electron chi connectivity index (χ1n) is 6.76. The predicted molar refractivity (Wildman–Crippen MR) is 79.9 cm³/mol. The maximum atomic E-state index is 11.6. The van der Waals surface area contributed by atoms with Gasteiger partial charge in [-0.3, -0.25) is 9.69 Å². The number of esters is 2. The number of methoxy groups -OCH3 is 1. The standard InChI is InChI=1S/C16H21NO4/c1-4-9-17(12-15(18)21-5-2)11-13-7-6-8-14(10-13)16(19)20-3/h4,6-8,10H,1,5,9,11-12H2,2-3H3. The molecule has 0 saturated heterocycles. The second-order valence-electron chi connectivity index (χ2n) is 4.46. The summed E-state index contributed by atoms with van der Waals surface area (Å²) < 4.78 is 9.64. The Morgan fingerprint density at radius 1 is 1.38 bits per heavy atom. The summed E-state index contributed by atoms with van der Waals surface area (Å²) in [5, 5.41) is 0. The van der Waals surface area contributed by atoms with E-state index in [-0.39, 0.29) is 18.5 Å². The molecule has 0 aliphatic heterocycles. The smallest absolute Gasteiger partial charge is 0.337 e. The second kappa shape index (κ2) is 8.92. The van der Waals surface area contributed by atoms with E-state index in [0.717, 1.165) is 5.56 Å². The van der Waals surface area contributed by atoms with Crippen molar-refractivity contribution in [2.45, 2.75) is 13.5 Å². The van der Waals surface area contributed by atoms with Crippen LogP contribution in [0, 0.1) is 0 Å². The van der Waals surface area contributed by atoms with Crippen molar-refractivity contribution in [3.63, 3.8) is 0 Å². The molecule has 0 atom stereocenters. The zero-order chi connectivity index (χ0) is 15.7. The van der Waals surface area contributed by atoms with Crippen molar-refractivity contribution in [3.05, 3.63) is 48.0 Å². The zero-order valence-corrected chi connectivity index (χ0v) is 12.5. The summed E-state index contributed by atoms with van der Waals surface area (Å²) in [4.78, 5) is 25.0. The maximum Gasteiger partial charge on any atom is 0.337 e. The SMILES string of the molecule is C=CCN(CC(=O)OCC)Cc1cccc(C(=O)OC)c1. The third-order valence-electron chi connectivity index (χ3n) is 2.80. The maximum absolute atomic E-state index is 11.6. The van der Waals surface area contributed by atoms with Crippen molar-refractivity contribution in [1.82, 2.24) is 4.90 Å². The largest absolute Gasteiger partial charge is 0.465 e. The van der Waals surface area contributed by atoms with Crippen molar-refractivity contribution in [1.29, 1.82) is 0 Å². The van der Waals surface area contributed by atoms with Crippen molar-refractivity contribution in [2.24, 2.45) is 0 Å². The zero-order valence-electron chi connectivity index (χ0n) is 12.5. The average Bonchev–Trinajstić information content (AvgIpc) is 2.47. The van der Waals surface area contributed by atoms with Gasteiger partial charge in [0.2, 0.25) is 0 Å². The average molecular weight is 291 g/mol. The molecular formula is C16H21NO4. The molecule has 5 heteroatoms. The van der Waals surface area contributed by atoms with Crippen LogP contribution in [0.15, 0.2) is 36.9 Å². The van der Waals surface area contributed by atoms with E-state index >= 15 is 0 Å². The Bertz CT molecular complexity index is 499. The monoisotopic (exact) mass is 291 g/mol.